The molecule has 0 N–H and O–H groups in total. The van der Waals surface area contributed by atoms with Crippen LogP contribution >= 0.6 is 15.9 Å². The van der Waals surface area contributed by atoms with Gasteiger partial charge in [0.1, 0.15) is 11.5 Å². The van der Waals surface area contributed by atoms with Crippen LogP contribution in [-0.2, 0) is 28.2 Å². The topological polar surface area (TPSA) is 51.2 Å². The maximum Gasteiger partial charge on any atom is 0.338 e. The maximum atomic E-state index is 13.7. The molecule has 0 aromatic heterocycles. The van der Waals surface area contributed by atoms with E-state index >= 15 is 0 Å². The third kappa shape index (κ3) is 3.42. The molecule has 5 rings (SSSR count). The van der Waals surface area contributed by atoms with Crippen LogP contribution in [0.3, 0.4) is 0 Å². The minimum absolute atomic E-state index is 0.293. The second kappa shape index (κ2) is 8.30. The van der Waals surface area contributed by atoms with Crippen molar-refractivity contribution in [1.29, 1.82) is 0 Å². The van der Waals surface area contributed by atoms with Crippen molar-refractivity contribution in [3.8, 4) is 11.5 Å². The second-order valence-electron chi connectivity index (χ2n) is 8.29. The summed E-state index contributed by atoms with van der Waals surface area (Å²) >= 11 is 3.53. The molecular formula is C26H25BrN2O4. The summed E-state index contributed by atoms with van der Waals surface area (Å²) in [4.78, 5) is 18.2. The van der Waals surface area contributed by atoms with E-state index in [2.05, 4.69) is 43.9 Å². The molecule has 0 saturated heterocycles. The van der Waals surface area contributed by atoms with Gasteiger partial charge in [-0.25, -0.2) is 4.79 Å². The zero-order chi connectivity index (χ0) is 23.2. The first kappa shape index (κ1) is 21.6. The number of esters is 1. The summed E-state index contributed by atoms with van der Waals surface area (Å²) in [6.07, 6.45) is 0. The van der Waals surface area contributed by atoms with Gasteiger partial charge in [-0.3, -0.25) is 0 Å². The normalized spacial score (nSPS) is 18.7. The summed E-state index contributed by atoms with van der Waals surface area (Å²) in [5.41, 5.74) is 4.10. The summed E-state index contributed by atoms with van der Waals surface area (Å²) in [5, 5.41) is 0. The van der Waals surface area contributed by atoms with Crippen LogP contribution in [0.1, 0.15) is 16.7 Å². The van der Waals surface area contributed by atoms with Gasteiger partial charge in [0.05, 0.1) is 27.9 Å². The minimum Gasteiger partial charge on any atom is -0.497 e. The lowest BCUT2D eigenvalue weighted by molar-refractivity contribution is -0.147. The Labute approximate surface area is 201 Å². The lowest BCUT2D eigenvalue weighted by Gasteiger charge is -2.42. The molecule has 2 aliphatic rings. The highest BCUT2D eigenvalue weighted by Crippen LogP contribution is 2.47. The highest BCUT2D eigenvalue weighted by Gasteiger charge is 2.52. The Bertz CT molecular complexity index is 1210. The molecule has 2 aliphatic heterocycles. The van der Waals surface area contributed by atoms with E-state index in [-0.39, 0.29) is 5.97 Å². The lowest BCUT2D eigenvalue weighted by atomic mass is 9.87. The number of methoxy groups -OCH3 is 3. The average molecular weight is 509 g/mol. The number of anilines is 2. The summed E-state index contributed by atoms with van der Waals surface area (Å²) in [6.45, 7) is 1.60. The fourth-order valence-corrected chi connectivity index (χ4v) is 5.29. The van der Waals surface area contributed by atoms with Crippen LogP contribution in [0.4, 0.5) is 11.4 Å². The molecule has 6 nitrogen and oxygen atoms in total. The molecule has 0 amide bonds. The van der Waals surface area contributed by atoms with Gasteiger partial charge in [0.2, 0.25) is 0 Å². The van der Waals surface area contributed by atoms with Crippen molar-refractivity contribution in [2.75, 3.05) is 37.7 Å². The summed E-state index contributed by atoms with van der Waals surface area (Å²) in [6, 6.07) is 20.1. The molecule has 1 unspecified atom stereocenters. The molecule has 170 valence electrons. The van der Waals surface area contributed by atoms with E-state index in [1.807, 2.05) is 42.5 Å². The number of ether oxygens (including phenoxy) is 3. The Morgan fingerprint density at radius 3 is 2.06 bits per heavy atom. The Hall–Kier alpha value is -3.19. The third-order valence-corrected chi connectivity index (χ3v) is 7.15. The molecule has 1 atom stereocenters. The van der Waals surface area contributed by atoms with Crippen molar-refractivity contribution in [3.05, 3.63) is 81.8 Å². The van der Waals surface area contributed by atoms with Crippen LogP contribution in [0.2, 0.25) is 0 Å². The van der Waals surface area contributed by atoms with Crippen molar-refractivity contribution >= 4 is 33.3 Å². The number of carbonyl (C=O) groups excluding carboxylic acids is 1. The van der Waals surface area contributed by atoms with Crippen LogP contribution in [0.15, 0.2) is 65.1 Å². The van der Waals surface area contributed by atoms with Gasteiger partial charge in [-0.05, 0) is 65.2 Å². The summed E-state index contributed by atoms with van der Waals surface area (Å²) in [7, 11) is 4.79. The third-order valence-electron chi connectivity index (χ3n) is 6.62. The molecule has 3 aromatic rings. The number of nitrogens with zero attached hydrogens (tertiary/aromatic N) is 2. The Kier molecular flexibility index (Phi) is 5.44. The zero-order valence-electron chi connectivity index (χ0n) is 18.8. The Morgan fingerprint density at radius 2 is 1.45 bits per heavy atom. The predicted octanol–water partition coefficient (Wildman–Crippen LogP) is 4.88. The molecular weight excluding hydrogens is 484 g/mol. The standard InChI is InChI=1S/C26H25BrN2O4/c1-31-21-8-10-23-18(13-21)15-29-24-11-9-22(32-2)12-17(24)14-28(23)16-26(29,25(30)33-3)19-4-6-20(27)7-5-19/h4-13H,14-16H2,1-3H3. The number of fused-ring (bicyclic) bond motifs is 7. The Balaban J connectivity index is 1.80. The molecule has 33 heavy (non-hydrogen) atoms. The largest absolute Gasteiger partial charge is 0.497 e. The van der Waals surface area contributed by atoms with E-state index in [0.717, 1.165) is 44.0 Å². The highest BCUT2D eigenvalue weighted by atomic mass is 79.9. The van der Waals surface area contributed by atoms with E-state index < -0.39 is 5.54 Å². The highest BCUT2D eigenvalue weighted by molar-refractivity contribution is 9.10. The molecule has 0 spiro atoms. The van der Waals surface area contributed by atoms with E-state index in [4.69, 9.17) is 14.2 Å². The van der Waals surface area contributed by atoms with Crippen LogP contribution in [0, 0.1) is 0 Å². The maximum absolute atomic E-state index is 13.7. The fourth-order valence-electron chi connectivity index (χ4n) is 5.03. The van der Waals surface area contributed by atoms with Gasteiger partial charge in [-0.2, -0.15) is 0 Å². The van der Waals surface area contributed by atoms with Crippen molar-refractivity contribution in [2.45, 2.75) is 18.6 Å². The smallest absolute Gasteiger partial charge is 0.338 e. The van der Waals surface area contributed by atoms with Crippen molar-refractivity contribution in [3.63, 3.8) is 0 Å². The van der Waals surface area contributed by atoms with Gasteiger partial charge >= 0.3 is 5.97 Å². The van der Waals surface area contributed by atoms with Gasteiger partial charge in [0, 0.05) is 28.9 Å². The van der Waals surface area contributed by atoms with Gasteiger partial charge in [0.15, 0.2) is 5.54 Å². The monoisotopic (exact) mass is 508 g/mol. The van der Waals surface area contributed by atoms with Crippen molar-refractivity contribution < 1.29 is 19.0 Å². The predicted molar refractivity (Wildman–Crippen MR) is 131 cm³/mol. The average Bonchev–Trinajstić information content (AvgIpc) is 3.07. The molecule has 0 saturated carbocycles. The summed E-state index contributed by atoms with van der Waals surface area (Å²) in [5.74, 6) is 1.29. The van der Waals surface area contributed by atoms with E-state index in [1.165, 1.54) is 7.11 Å². The van der Waals surface area contributed by atoms with E-state index in [0.29, 0.717) is 19.6 Å². The number of rotatable bonds is 4. The number of hydrogen-bond acceptors (Lipinski definition) is 6. The van der Waals surface area contributed by atoms with Crippen molar-refractivity contribution in [2.24, 2.45) is 0 Å². The van der Waals surface area contributed by atoms with Gasteiger partial charge in [-0.1, -0.05) is 28.1 Å². The van der Waals surface area contributed by atoms with E-state index in [9.17, 15) is 4.79 Å². The van der Waals surface area contributed by atoms with Crippen LogP contribution < -0.4 is 19.3 Å². The molecule has 2 bridgehead atoms. The lowest BCUT2D eigenvalue weighted by Crippen LogP contribution is -2.56. The molecule has 2 heterocycles. The van der Waals surface area contributed by atoms with E-state index in [1.54, 1.807) is 14.2 Å². The molecule has 3 aromatic carbocycles. The van der Waals surface area contributed by atoms with Crippen LogP contribution in [0.5, 0.6) is 11.5 Å². The number of hydrogen-bond donors (Lipinski definition) is 0. The number of benzene rings is 3. The number of halogens is 1. The SMILES string of the molecule is COC(=O)C1(c2ccc(Br)cc2)CN2Cc3cc(OC)ccc3N1Cc1cc(OC)ccc12. The first-order valence-corrected chi connectivity index (χ1v) is 11.5. The first-order valence-electron chi connectivity index (χ1n) is 10.7. The quantitative estimate of drug-likeness (QED) is 0.468. The molecule has 0 aliphatic carbocycles. The fraction of sp³-hybridized carbons (Fsp3) is 0.269. The second-order valence-corrected chi connectivity index (χ2v) is 9.21. The summed E-state index contributed by atoms with van der Waals surface area (Å²) < 4.78 is 17.5. The zero-order valence-corrected chi connectivity index (χ0v) is 20.4. The Morgan fingerprint density at radius 1 is 0.848 bits per heavy atom. The minimum atomic E-state index is -1.04. The van der Waals surface area contributed by atoms with Gasteiger partial charge < -0.3 is 24.0 Å². The van der Waals surface area contributed by atoms with Gasteiger partial charge in [-0.15, -0.1) is 0 Å². The molecule has 7 heteroatoms. The van der Waals surface area contributed by atoms with Crippen LogP contribution in [0.25, 0.3) is 0 Å². The van der Waals surface area contributed by atoms with Crippen LogP contribution in [-0.4, -0.2) is 33.8 Å². The first-order chi connectivity index (χ1) is 16.0. The molecule has 0 radical (unpaired) electrons. The number of carbonyl (C=O) groups is 1. The van der Waals surface area contributed by atoms with Crippen molar-refractivity contribution in [1.82, 2.24) is 0 Å². The van der Waals surface area contributed by atoms with Gasteiger partial charge in [0.25, 0.3) is 0 Å². The molecule has 0 fully saturated rings.